The molecule has 0 saturated carbocycles. The van der Waals surface area contributed by atoms with E-state index in [0.717, 1.165) is 4.57 Å². The molecule has 0 spiro atoms. The monoisotopic (exact) mass is 593 g/mol. The van der Waals surface area contributed by atoms with Gasteiger partial charge in [0.05, 0.1) is 12.2 Å². The number of nitriles is 1. The molecule has 2 aliphatic rings. The first kappa shape index (κ1) is 30.6. The van der Waals surface area contributed by atoms with Gasteiger partial charge in [-0.1, -0.05) is 18.2 Å². The van der Waals surface area contributed by atoms with Crippen molar-refractivity contribution in [3.63, 3.8) is 0 Å². The smallest absolute Gasteiger partial charge is 0.459 e. The summed E-state index contributed by atoms with van der Waals surface area (Å²) in [6, 6.07) is 10.4. The lowest BCUT2D eigenvalue weighted by atomic mass is 10.0. The second kappa shape index (κ2) is 12.3. The van der Waals surface area contributed by atoms with Crippen LogP contribution in [0.25, 0.3) is 0 Å². The van der Waals surface area contributed by atoms with Crippen LogP contribution in [-0.2, 0) is 43.3 Å². The fraction of sp³-hybridized carbons (Fsp3) is 0.520. The molecule has 2 fully saturated rings. The van der Waals surface area contributed by atoms with E-state index in [2.05, 4.69) is 10.1 Å². The number of nitrogens with zero attached hydrogens (tertiary/aromatic N) is 3. The fourth-order valence-corrected chi connectivity index (χ4v) is 6.11. The highest BCUT2D eigenvalue weighted by Gasteiger charge is 2.65. The maximum Gasteiger partial charge on any atom is 0.459 e. The van der Waals surface area contributed by atoms with E-state index in [4.69, 9.17) is 38.5 Å². The number of ether oxygens (including phenoxy) is 5. The summed E-state index contributed by atoms with van der Waals surface area (Å²) >= 11 is 0. The first-order valence-electron chi connectivity index (χ1n) is 12.7. The molecular weight excluding hydrogens is 561 g/mol. The van der Waals surface area contributed by atoms with Crippen LogP contribution in [0.3, 0.4) is 0 Å². The van der Waals surface area contributed by atoms with Crippen LogP contribution in [0.15, 0.2) is 47.4 Å². The molecule has 2 aromatic rings. The Hall–Kier alpha value is -3.35. The van der Waals surface area contributed by atoms with Crippen molar-refractivity contribution in [3.8, 4) is 11.8 Å². The van der Waals surface area contributed by atoms with Crippen LogP contribution in [-0.4, -0.2) is 65.7 Å². The molecule has 0 bridgehead atoms. The number of methoxy groups -OCH3 is 1. The molecule has 4 rings (SSSR count). The second-order valence-corrected chi connectivity index (χ2v) is 11.3. The largest absolute Gasteiger partial charge is 0.462 e. The Balaban J connectivity index is 1.66. The van der Waals surface area contributed by atoms with Gasteiger partial charge in [-0.3, -0.25) is 13.9 Å². The van der Waals surface area contributed by atoms with E-state index in [1.807, 2.05) is 6.07 Å². The first-order chi connectivity index (χ1) is 19.4. The standard InChI is InChI=1S/C25H32N5O10P/c1-14(2)35-22(31)15(3)29-41(33,40-17-9-7-6-8-10-17)39-16(4)19-20-21(37-24(34-5)36-20)25(13-26,38-19)30-12-11-18(27)28-23(30)32/h6-12,14-16,19-21,24H,1-5H3,(H,29,33)(H2,27,28,32)/t15-,16+,19+,20+,21+,24?,25+,41-/m0/s1. The summed E-state index contributed by atoms with van der Waals surface area (Å²) in [6.45, 7) is 5.10. The van der Waals surface area contributed by atoms with Crippen LogP contribution in [0.1, 0.15) is 27.7 Å². The Morgan fingerprint density at radius 2 is 1.93 bits per heavy atom. The third kappa shape index (κ3) is 6.44. The zero-order chi connectivity index (χ0) is 29.9. The van der Waals surface area contributed by atoms with Crippen LogP contribution in [0.5, 0.6) is 5.75 Å². The molecule has 15 nitrogen and oxygen atoms in total. The van der Waals surface area contributed by atoms with Crippen LogP contribution in [0.4, 0.5) is 5.82 Å². The molecule has 41 heavy (non-hydrogen) atoms. The lowest BCUT2D eigenvalue weighted by Crippen LogP contribution is -2.49. The second-order valence-electron chi connectivity index (χ2n) is 9.63. The summed E-state index contributed by atoms with van der Waals surface area (Å²) < 4.78 is 54.8. The molecular formula is C25H32N5O10P. The van der Waals surface area contributed by atoms with Crippen molar-refractivity contribution >= 4 is 19.5 Å². The minimum absolute atomic E-state index is 0.0596. The van der Waals surface area contributed by atoms with E-state index in [1.54, 1.807) is 44.2 Å². The number of esters is 1. The lowest BCUT2D eigenvalue weighted by molar-refractivity contribution is -0.269. The number of rotatable bonds is 11. The highest BCUT2D eigenvalue weighted by Crippen LogP contribution is 2.50. The molecule has 8 atom stereocenters. The van der Waals surface area contributed by atoms with Crippen molar-refractivity contribution in [1.29, 1.82) is 5.26 Å². The molecule has 0 aliphatic carbocycles. The van der Waals surface area contributed by atoms with Crippen molar-refractivity contribution in [1.82, 2.24) is 14.6 Å². The number of hydrogen-bond donors (Lipinski definition) is 2. The SMILES string of the molecule is COC1O[C@@H]2[C@@H]([C@@H](C)O[P@@](=O)(N[C@@H](C)C(=O)OC(C)C)Oc3ccccc3)O[C@@](C#N)(n3ccc(N)nc3=O)[C@@H]2O1. The van der Waals surface area contributed by atoms with Crippen molar-refractivity contribution in [2.45, 2.75) is 76.5 Å². The zero-order valence-corrected chi connectivity index (χ0v) is 23.9. The number of carbonyl (C=O) groups is 1. The van der Waals surface area contributed by atoms with Crippen LogP contribution in [0.2, 0.25) is 0 Å². The number of para-hydroxylation sites is 1. The Kier molecular flexibility index (Phi) is 9.15. The van der Waals surface area contributed by atoms with E-state index in [-0.39, 0.29) is 11.6 Å². The van der Waals surface area contributed by atoms with Crippen molar-refractivity contribution < 1.29 is 42.1 Å². The summed E-state index contributed by atoms with van der Waals surface area (Å²) in [7, 11) is -3.01. The van der Waals surface area contributed by atoms with Crippen molar-refractivity contribution in [2.75, 3.05) is 12.8 Å². The Morgan fingerprint density at radius 3 is 2.54 bits per heavy atom. The highest BCUT2D eigenvalue weighted by atomic mass is 31.2. The van der Waals surface area contributed by atoms with E-state index >= 15 is 0 Å². The maximum atomic E-state index is 14.1. The number of benzene rings is 1. The van der Waals surface area contributed by atoms with Gasteiger partial charge in [-0.25, -0.2) is 9.36 Å². The van der Waals surface area contributed by atoms with Crippen molar-refractivity contribution in [2.24, 2.45) is 0 Å². The van der Waals surface area contributed by atoms with Gasteiger partial charge in [-0.05, 0) is 45.9 Å². The molecule has 0 amide bonds. The van der Waals surface area contributed by atoms with Gasteiger partial charge in [0.1, 0.15) is 35.9 Å². The summed E-state index contributed by atoms with van der Waals surface area (Å²) in [5, 5.41) is 12.9. The highest BCUT2D eigenvalue weighted by molar-refractivity contribution is 7.52. The molecule has 1 aromatic heterocycles. The van der Waals surface area contributed by atoms with E-state index < -0.39 is 68.2 Å². The van der Waals surface area contributed by atoms with Gasteiger partial charge >= 0.3 is 19.4 Å². The predicted molar refractivity (Wildman–Crippen MR) is 141 cm³/mol. The third-order valence-corrected chi connectivity index (χ3v) is 7.94. The normalized spacial score (nSPS) is 28.3. The Bertz CT molecular complexity index is 1380. The van der Waals surface area contributed by atoms with Crippen LogP contribution in [0, 0.1) is 11.3 Å². The van der Waals surface area contributed by atoms with Gasteiger partial charge in [0, 0.05) is 13.3 Å². The van der Waals surface area contributed by atoms with Gasteiger partial charge < -0.3 is 33.9 Å². The zero-order valence-electron chi connectivity index (χ0n) is 23.0. The minimum atomic E-state index is -4.34. The fourth-order valence-electron chi connectivity index (χ4n) is 4.42. The minimum Gasteiger partial charge on any atom is -0.462 e. The summed E-state index contributed by atoms with van der Waals surface area (Å²) in [5.74, 6) is -0.550. The average molecular weight is 594 g/mol. The van der Waals surface area contributed by atoms with Gasteiger partial charge in [0.2, 0.25) is 0 Å². The van der Waals surface area contributed by atoms with Crippen molar-refractivity contribution in [3.05, 3.63) is 53.1 Å². The molecule has 1 unspecified atom stereocenters. The molecule has 16 heteroatoms. The predicted octanol–water partition coefficient (Wildman–Crippen LogP) is 1.64. The van der Waals surface area contributed by atoms with Crippen LogP contribution >= 0.6 is 7.75 Å². The Labute approximate surface area is 236 Å². The molecule has 2 aliphatic heterocycles. The summed E-state index contributed by atoms with van der Waals surface area (Å²) in [4.78, 5) is 29.0. The molecule has 0 radical (unpaired) electrons. The van der Waals surface area contributed by atoms with E-state index in [1.165, 1.54) is 33.2 Å². The van der Waals surface area contributed by atoms with Gasteiger partial charge in [-0.15, -0.1) is 0 Å². The lowest BCUT2D eigenvalue weighted by Gasteiger charge is -2.31. The van der Waals surface area contributed by atoms with Crippen LogP contribution < -0.4 is 21.0 Å². The third-order valence-electron chi connectivity index (χ3n) is 6.18. The molecule has 2 saturated heterocycles. The Morgan fingerprint density at radius 1 is 1.22 bits per heavy atom. The molecule has 3 heterocycles. The first-order valence-corrected chi connectivity index (χ1v) is 14.3. The molecule has 1 aromatic carbocycles. The number of fused-ring (bicyclic) bond motifs is 1. The number of anilines is 1. The quantitative estimate of drug-likeness (QED) is 0.282. The number of carbonyl (C=O) groups excluding carboxylic acids is 1. The summed E-state index contributed by atoms with van der Waals surface area (Å²) in [6.07, 6.45) is -3.69. The summed E-state index contributed by atoms with van der Waals surface area (Å²) in [5.41, 5.74) is 2.67. The average Bonchev–Trinajstić information content (AvgIpc) is 3.47. The van der Waals surface area contributed by atoms with E-state index in [9.17, 15) is 19.4 Å². The number of hydrogen-bond acceptors (Lipinski definition) is 13. The molecule has 3 N–H and O–H groups in total. The number of nitrogen functional groups attached to an aromatic ring is 1. The number of aromatic nitrogens is 2. The van der Waals surface area contributed by atoms with E-state index in [0.29, 0.717) is 0 Å². The van der Waals surface area contributed by atoms with Gasteiger partial charge in [0.15, 0.2) is 6.10 Å². The van der Waals surface area contributed by atoms with Gasteiger partial charge in [-0.2, -0.15) is 15.3 Å². The number of nitrogens with two attached hydrogens (primary N) is 1. The molecule has 222 valence electrons. The topological polar surface area (TPSA) is 195 Å². The number of nitrogens with one attached hydrogen (secondary N) is 1. The maximum absolute atomic E-state index is 14.1. The van der Waals surface area contributed by atoms with Gasteiger partial charge in [0.25, 0.3) is 12.2 Å².